The minimum atomic E-state index is -0.614. The molecule has 1 aliphatic heterocycles. The zero-order valence-corrected chi connectivity index (χ0v) is 16.9. The van der Waals surface area contributed by atoms with Crippen molar-refractivity contribution in [2.45, 2.75) is 6.92 Å². The topological polar surface area (TPSA) is 83.4 Å². The van der Waals surface area contributed by atoms with E-state index in [1.54, 1.807) is 44.4 Å². The van der Waals surface area contributed by atoms with Gasteiger partial charge in [-0.05, 0) is 59.8 Å². The fourth-order valence-corrected chi connectivity index (χ4v) is 3.10. The molecule has 8 heteroatoms. The molecule has 0 fully saturated rings. The fourth-order valence-electron chi connectivity index (χ4n) is 2.54. The number of rotatable bonds is 5. The average molecular weight is 476 g/mol. The lowest BCUT2D eigenvalue weighted by Gasteiger charge is -2.12. The number of hydrazone groups is 2. The summed E-state index contributed by atoms with van der Waals surface area (Å²) in [4.78, 5) is 24.8. The molecule has 0 radical (unpaired) electrons. The van der Waals surface area contributed by atoms with Crippen LogP contribution >= 0.6 is 22.6 Å². The lowest BCUT2D eigenvalue weighted by molar-refractivity contribution is -0.118. The Hall–Kier alpha value is -2.75. The summed E-state index contributed by atoms with van der Waals surface area (Å²) in [6.07, 6.45) is 1.39. The number of amides is 2. The first kappa shape index (κ1) is 19.0. The number of para-hydroxylation sites is 1. The normalized spacial score (nSPS) is 16.6. The molecule has 3 rings (SSSR count). The quantitative estimate of drug-likeness (QED) is 0.409. The van der Waals surface area contributed by atoms with Gasteiger partial charge in [0.1, 0.15) is 11.7 Å². The molecule has 0 spiro atoms. The molecule has 0 unspecified atom stereocenters. The second-order valence-corrected chi connectivity index (χ2v) is 6.94. The monoisotopic (exact) mass is 476 g/mol. The molecule has 0 saturated heterocycles. The van der Waals surface area contributed by atoms with E-state index < -0.39 is 5.92 Å². The minimum absolute atomic E-state index is 0.215. The number of carbonyl (C=O) groups is 2. The molecular weight excluding hydrogens is 459 g/mol. The summed E-state index contributed by atoms with van der Waals surface area (Å²) in [5.41, 5.74) is 4.15. The number of anilines is 1. The van der Waals surface area contributed by atoms with Crippen LogP contribution in [-0.4, -0.2) is 30.9 Å². The van der Waals surface area contributed by atoms with Gasteiger partial charge in [0.2, 0.25) is 0 Å². The van der Waals surface area contributed by atoms with Crippen LogP contribution in [0.25, 0.3) is 0 Å². The van der Waals surface area contributed by atoms with Crippen LogP contribution in [0.15, 0.2) is 58.7 Å². The van der Waals surface area contributed by atoms with Crippen LogP contribution in [0.3, 0.4) is 0 Å². The van der Waals surface area contributed by atoms with Crippen molar-refractivity contribution in [2.24, 2.45) is 16.1 Å². The van der Waals surface area contributed by atoms with Crippen LogP contribution in [0.1, 0.15) is 17.3 Å². The third kappa shape index (κ3) is 4.16. The van der Waals surface area contributed by atoms with Gasteiger partial charge in [0.15, 0.2) is 0 Å². The van der Waals surface area contributed by atoms with Crippen LogP contribution in [0.5, 0.6) is 5.75 Å². The van der Waals surface area contributed by atoms with Crippen molar-refractivity contribution in [2.75, 3.05) is 12.1 Å². The predicted molar refractivity (Wildman–Crippen MR) is 112 cm³/mol. The fraction of sp³-hybridized carbons (Fsp3) is 0.158. The highest BCUT2D eigenvalue weighted by Crippen LogP contribution is 2.23. The maximum Gasteiger partial charge on any atom is 0.271 e. The second kappa shape index (κ2) is 8.30. The molecular formula is C19H17IN4O3. The number of methoxy groups -OCH3 is 1. The van der Waals surface area contributed by atoms with Crippen molar-refractivity contribution in [3.63, 3.8) is 0 Å². The van der Waals surface area contributed by atoms with E-state index in [1.165, 1.54) is 11.2 Å². The third-order valence-corrected chi connectivity index (χ3v) is 4.88. The first-order valence-corrected chi connectivity index (χ1v) is 9.20. The highest BCUT2D eigenvalue weighted by Gasteiger charge is 2.33. The maximum absolute atomic E-state index is 12.6. The molecule has 1 aliphatic rings. The van der Waals surface area contributed by atoms with Gasteiger partial charge in [-0.3, -0.25) is 9.59 Å². The molecule has 138 valence electrons. The van der Waals surface area contributed by atoms with Gasteiger partial charge in [0, 0.05) is 11.8 Å². The smallest absolute Gasteiger partial charge is 0.271 e. The van der Waals surface area contributed by atoms with E-state index in [1.807, 2.05) is 18.2 Å². The van der Waals surface area contributed by atoms with E-state index in [4.69, 9.17) is 4.74 Å². The maximum atomic E-state index is 12.6. The van der Waals surface area contributed by atoms with Crippen LogP contribution in [-0.2, 0) is 4.79 Å². The van der Waals surface area contributed by atoms with Crippen LogP contribution in [0.4, 0.5) is 5.69 Å². The summed E-state index contributed by atoms with van der Waals surface area (Å²) >= 11 is 2.12. The summed E-state index contributed by atoms with van der Waals surface area (Å²) in [6.45, 7) is 1.75. The predicted octanol–water partition coefficient (Wildman–Crippen LogP) is 3.05. The van der Waals surface area contributed by atoms with Crippen LogP contribution in [0.2, 0.25) is 0 Å². The molecule has 2 aromatic rings. The minimum Gasteiger partial charge on any atom is -0.496 e. The van der Waals surface area contributed by atoms with Crippen molar-refractivity contribution in [3.8, 4) is 5.75 Å². The Morgan fingerprint density at radius 1 is 1.30 bits per heavy atom. The number of hydrogen-bond donors (Lipinski definition) is 1. The van der Waals surface area contributed by atoms with Gasteiger partial charge in [-0.25, -0.2) is 5.43 Å². The van der Waals surface area contributed by atoms with E-state index in [0.29, 0.717) is 22.7 Å². The van der Waals surface area contributed by atoms with Gasteiger partial charge in [-0.15, -0.1) is 0 Å². The second-order valence-electron chi connectivity index (χ2n) is 5.77. The first-order chi connectivity index (χ1) is 13.0. The average Bonchev–Trinajstić information content (AvgIpc) is 2.97. The van der Waals surface area contributed by atoms with Crippen molar-refractivity contribution < 1.29 is 14.3 Å². The van der Waals surface area contributed by atoms with E-state index in [9.17, 15) is 9.59 Å². The van der Waals surface area contributed by atoms with Crippen LogP contribution in [0, 0.1) is 9.49 Å². The molecule has 7 nitrogen and oxygen atoms in total. The molecule has 0 saturated carbocycles. The van der Waals surface area contributed by atoms with Gasteiger partial charge in [-0.1, -0.05) is 18.2 Å². The largest absolute Gasteiger partial charge is 0.496 e. The van der Waals surface area contributed by atoms with Gasteiger partial charge in [0.05, 0.1) is 22.1 Å². The van der Waals surface area contributed by atoms with Crippen LogP contribution < -0.4 is 15.2 Å². The third-order valence-electron chi connectivity index (χ3n) is 3.99. The highest BCUT2D eigenvalue weighted by atomic mass is 127. The van der Waals surface area contributed by atoms with Crippen molar-refractivity contribution in [1.82, 2.24) is 5.43 Å². The molecule has 2 amide bonds. The summed E-state index contributed by atoms with van der Waals surface area (Å²) in [5, 5.41) is 9.57. The first-order valence-electron chi connectivity index (χ1n) is 8.12. The standard InChI is InChI=1S/C19H17IN4O3/c1-12-15(19(26)24(23-12)14-6-4-3-5-7-14)11-21-22-18(25)13-8-9-16(20)17(10-13)27-2/h3-11,15H,1-2H3,(H,22,25)/b21-11+/t15-/m1/s1. The number of halogens is 1. The number of nitrogens with one attached hydrogen (secondary N) is 1. The molecule has 27 heavy (non-hydrogen) atoms. The van der Waals surface area contributed by atoms with Gasteiger partial charge in [-0.2, -0.15) is 15.2 Å². The van der Waals surface area contributed by atoms with Gasteiger partial charge >= 0.3 is 0 Å². The van der Waals surface area contributed by atoms with Crippen molar-refractivity contribution in [3.05, 3.63) is 57.7 Å². The Bertz CT molecular complexity index is 928. The lowest BCUT2D eigenvalue weighted by Crippen LogP contribution is -2.29. The number of nitrogens with zero attached hydrogens (tertiary/aromatic N) is 3. The highest BCUT2D eigenvalue weighted by molar-refractivity contribution is 14.1. The molecule has 0 bridgehead atoms. The summed E-state index contributed by atoms with van der Waals surface area (Å²) in [5.74, 6) is -0.606. The number of benzene rings is 2. The van der Waals surface area contributed by atoms with E-state index >= 15 is 0 Å². The molecule has 1 N–H and O–H groups in total. The van der Waals surface area contributed by atoms with Gasteiger partial charge < -0.3 is 4.74 Å². The Labute approximate surface area is 170 Å². The zero-order chi connectivity index (χ0) is 19.4. The molecule has 0 aliphatic carbocycles. The number of carbonyl (C=O) groups excluding carboxylic acids is 2. The SMILES string of the molecule is COc1cc(C(=O)N/N=C/[C@H]2C(=O)N(c3ccccc3)N=C2C)ccc1I. The van der Waals surface area contributed by atoms with E-state index in [2.05, 4.69) is 38.2 Å². The molecule has 1 heterocycles. The summed E-state index contributed by atoms with van der Waals surface area (Å²) in [6, 6.07) is 14.3. The Morgan fingerprint density at radius 2 is 2.04 bits per heavy atom. The molecule has 1 atom stereocenters. The van der Waals surface area contributed by atoms with E-state index in [0.717, 1.165) is 3.57 Å². The zero-order valence-electron chi connectivity index (χ0n) is 14.7. The molecule has 0 aromatic heterocycles. The number of ether oxygens (including phenoxy) is 1. The van der Waals surface area contributed by atoms with E-state index in [-0.39, 0.29) is 11.8 Å². The Kier molecular flexibility index (Phi) is 5.84. The summed E-state index contributed by atoms with van der Waals surface area (Å²) < 4.78 is 6.11. The Morgan fingerprint density at radius 3 is 2.74 bits per heavy atom. The van der Waals surface area contributed by atoms with Gasteiger partial charge in [0.25, 0.3) is 11.8 Å². The van der Waals surface area contributed by atoms with Crippen molar-refractivity contribution in [1.29, 1.82) is 0 Å². The lowest BCUT2D eigenvalue weighted by atomic mass is 10.1. The Balaban J connectivity index is 1.67. The summed E-state index contributed by atoms with van der Waals surface area (Å²) in [7, 11) is 1.55. The number of hydrogen-bond acceptors (Lipinski definition) is 5. The van der Waals surface area contributed by atoms with Crippen molar-refractivity contribution >= 4 is 52.0 Å². The molecule has 2 aromatic carbocycles.